The summed E-state index contributed by atoms with van der Waals surface area (Å²) >= 11 is 13.5. The third kappa shape index (κ3) is 4.58. The molecule has 1 aromatic carbocycles. The molecule has 0 aliphatic carbocycles. The van der Waals surface area contributed by atoms with Crippen LogP contribution in [-0.4, -0.2) is 17.0 Å². The second-order valence-electron chi connectivity index (χ2n) is 5.57. The number of thiazole rings is 1. The molecule has 8 heteroatoms. The van der Waals surface area contributed by atoms with E-state index in [0.29, 0.717) is 27.3 Å². The van der Waals surface area contributed by atoms with Crippen molar-refractivity contribution in [3.8, 4) is 17.2 Å². The van der Waals surface area contributed by atoms with Gasteiger partial charge in [0.15, 0.2) is 11.9 Å². The maximum Gasteiger partial charge on any atom is 0.261 e. The highest BCUT2D eigenvalue weighted by atomic mass is 35.5. The van der Waals surface area contributed by atoms with Gasteiger partial charge in [0.2, 0.25) is 0 Å². The second kappa shape index (κ2) is 8.12. The maximum absolute atomic E-state index is 12.2. The van der Waals surface area contributed by atoms with E-state index in [1.54, 1.807) is 36.5 Å². The molecular weight excluding hydrogens is 395 g/mol. The van der Waals surface area contributed by atoms with Crippen molar-refractivity contribution in [2.24, 2.45) is 0 Å². The van der Waals surface area contributed by atoms with E-state index in [2.05, 4.69) is 10.3 Å². The minimum Gasteiger partial charge on any atom is -0.479 e. The average molecular weight is 411 g/mol. The van der Waals surface area contributed by atoms with Crippen molar-refractivity contribution in [2.45, 2.75) is 26.5 Å². The van der Waals surface area contributed by atoms with E-state index in [-0.39, 0.29) is 12.5 Å². The van der Waals surface area contributed by atoms with Gasteiger partial charge in [0.1, 0.15) is 17.2 Å². The van der Waals surface area contributed by atoms with Gasteiger partial charge in [-0.15, -0.1) is 11.3 Å². The molecule has 1 atom stereocenters. The van der Waals surface area contributed by atoms with Crippen LogP contribution in [0.2, 0.25) is 10.0 Å². The number of hydrogen-bond donors (Lipinski definition) is 1. The Bertz CT molecular complexity index is 923. The predicted molar refractivity (Wildman–Crippen MR) is 103 cm³/mol. The van der Waals surface area contributed by atoms with E-state index in [4.69, 9.17) is 32.4 Å². The van der Waals surface area contributed by atoms with Crippen LogP contribution >= 0.6 is 34.5 Å². The lowest BCUT2D eigenvalue weighted by Crippen LogP contribution is -2.35. The van der Waals surface area contributed by atoms with Gasteiger partial charge in [-0.2, -0.15) is 0 Å². The Kier molecular flexibility index (Phi) is 5.86. The van der Waals surface area contributed by atoms with Crippen LogP contribution in [0.1, 0.15) is 17.7 Å². The normalized spacial score (nSPS) is 12.0. The van der Waals surface area contributed by atoms with Gasteiger partial charge >= 0.3 is 0 Å². The molecule has 3 rings (SSSR count). The number of hydrogen-bond acceptors (Lipinski definition) is 5. The van der Waals surface area contributed by atoms with Crippen molar-refractivity contribution >= 4 is 40.4 Å². The molecule has 0 unspecified atom stereocenters. The molecule has 1 N–H and O–H groups in total. The summed E-state index contributed by atoms with van der Waals surface area (Å²) in [5.74, 6) is 1.43. The third-order valence-electron chi connectivity index (χ3n) is 3.54. The maximum atomic E-state index is 12.2. The molecule has 0 bridgehead atoms. The summed E-state index contributed by atoms with van der Waals surface area (Å²) in [6.45, 7) is 3.84. The summed E-state index contributed by atoms with van der Waals surface area (Å²) in [7, 11) is 0. The Balaban J connectivity index is 1.55. The Morgan fingerprint density at radius 1 is 1.35 bits per heavy atom. The van der Waals surface area contributed by atoms with Gasteiger partial charge in [-0.05, 0) is 44.2 Å². The highest BCUT2D eigenvalue weighted by Crippen LogP contribution is 2.28. The molecular formula is C18H16Cl2N2O3S. The van der Waals surface area contributed by atoms with Crippen molar-refractivity contribution in [3.63, 3.8) is 0 Å². The van der Waals surface area contributed by atoms with E-state index >= 15 is 0 Å². The molecule has 5 nitrogen and oxygen atoms in total. The van der Waals surface area contributed by atoms with E-state index in [0.717, 1.165) is 10.7 Å². The van der Waals surface area contributed by atoms with Crippen molar-refractivity contribution in [1.82, 2.24) is 10.3 Å². The summed E-state index contributed by atoms with van der Waals surface area (Å²) in [6, 6.07) is 8.49. The number of nitrogens with zero attached hydrogens (tertiary/aromatic N) is 1. The van der Waals surface area contributed by atoms with Crippen molar-refractivity contribution in [1.29, 1.82) is 0 Å². The van der Waals surface area contributed by atoms with Gasteiger partial charge in [-0.1, -0.05) is 23.2 Å². The van der Waals surface area contributed by atoms with Gasteiger partial charge in [0.25, 0.3) is 5.91 Å². The highest BCUT2D eigenvalue weighted by molar-refractivity contribution is 7.09. The van der Waals surface area contributed by atoms with E-state index in [1.807, 2.05) is 24.4 Å². The molecule has 0 aliphatic heterocycles. The minimum absolute atomic E-state index is 0.254. The first-order valence-electron chi connectivity index (χ1n) is 7.83. The highest BCUT2D eigenvalue weighted by Gasteiger charge is 2.17. The number of carbonyl (C=O) groups is 1. The standard InChI is InChI=1S/C18H16Cl2N2O3S/c1-10(24-16-5-3-12(19)7-14(16)20)18(23)21-8-13-4-6-17(25-13)15-9-26-11(2)22-15/h3-7,9-10H,8H2,1-2H3,(H,21,23)/t10-/m1/s1. The number of rotatable bonds is 6. The quantitative estimate of drug-likeness (QED) is 0.613. The third-order valence-corrected chi connectivity index (χ3v) is 4.84. The zero-order valence-electron chi connectivity index (χ0n) is 14.1. The molecule has 0 aliphatic rings. The summed E-state index contributed by atoms with van der Waals surface area (Å²) in [6.07, 6.45) is -0.718. The SMILES string of the molecule is Cc1nc(-c2ccc(CNC(=O)[C@@H](C)Oc3ccc(Cl)cc3Cl)o2)cs1. The fourth-order valence-corrected chi connectivity index (χ4v) is 3.28. The number of halogens is 2. The largest absolute Gasteiger partial charge is 0.479 e. The number of ether oxygens (including phenoxy) is 1. The minimum atomic E-state index is -0.718. The number of amides is 1. The van der Waals surface area contributed by atoms with Gasteiger partial charge < -0.3 is 14.5 Å². The molecule has 0 spiro atoms. The number of furan rings is 1. The van der Waals surface area contributed by atoms with Crippen molar-refractivity contribution in [3.05, 3.63) is 56.5 Å². The molecule has 136 valence electrons. The Morgan fingerprint density at radius 2 is 2.15 bits per heavy atom. The molecule has 2 heterocycles. The monoisotopic (exact) mass is 410 g/mol. The van der Waals surface area contributed by atoms with E-state index in [9.17, 15) is 4.79 Å². The smallest absolute Gasteiger partial charge is 0.261 e. The fourth-order valence-electron chi connectivity index (χ4n) is 2.22. The Labute approximate surface area is 164 Å². The molecule has 0 radical (unpaired) electrons. The van der Waals surface area contributed by atoms with Gasteiger partial charge in [-0.3, -0.25) is 4.79 Å². The first-order chi connectivity index (χ1) is 12.4. The summed E-state index contributed by atoms with van der Waals surface area (Å²) in [4.78, 5) is 16.6. The summed E-state index contributed by atoms with van der Waals surface area (Å²) in [5, 5.41) is 6.53. The van der Waals surface area contributed by atoms with Gasteiger partial charge in [-0.25, -0.2) is 4.98 Å². The molecule has 0 fully saturated rings. The second-order valence-corrected chi connectivity index (χ2v) is 7.48. The number of aryl methyl sites for hydroxylation is 1. The Morgan fingerprint density at radius 3 is 2.85 bits per heavy atom. The molecule has 0 saturated carbocycles. The summed E-state index contributed by atoms with van der Waals surface area (Å²) in [5.41, 5.74) is 0.791. The van der Waals surface area contributed by atoms with Crippen LogP contribution in [0, 0.1) is 6.92 Å². The van der Waals surface area contributed by atoms with Crippen LogP contribution in [0.4, 0.5) is 0 Å². The molecule has 3 aromatic rings. The lowest BCUT2D eigenvalue weighted by atomic mass is 10.3. The predicted octanol–water partition coefficient (Wildman–Crippen LogP) is 5.10. The van der Waals surface area contributed by atoms with Gasteiger partial charge in [0.05, 0.1) is 16.6 Å². The number of carbonyl (C=O) groups excluding carboxylic acids is 1. The lowest BCUT2D eigenvalue weighted by molar-refractivity contribution is -0.127. The molecule has 2 aromatic heterocycles. The summed E-state index contributed by atoms with van der Waals surface area (Å²) < 4.78 is 11.3. The molecule has 0 saturated heterocycles. The van der Waals surface area contributed by atoms with E-state index in [1.165, 1.54) is 0 Å². The van der Waals surface area contributed by atoms with Crippen LogP contribution in [0.25, 0.3) is 11.5 Å². The lowest BCUT2D eigenvalue weighted by Gasteiger charge is -2.15. The van der Waals surface area contributed by atoms with Crippen LogP contribution in [0.15, 0.2) is 40.1 Å². The zero-order chi connectivity index (χ0) is 18.7. The first-order valence-corrected chi connectivity index (χ1v) is 9.46. The number of benzene rings is 1. The van der Waals surface area contributed by atoms with Crippen LogP contribution < -0.4 is 10.1 Å². The average Bonchev–Trinajstić information content (AvgIpc) is 3.24. The zero-order valence-corrected chi connectivity index (χ0v) is 16.4. The number of nitrogens with one attached hydrogen (secondary N) is 1. The topological polar surface area (TPSA) is 64.4 Å². The van der Waals surface area contributed by atoms with E-state index < -0.39 is 6.10 Å². The fraction of sp³-hybridized carbons (Fsp3) is 0.222. The first kappa shape index (κ1) is 18.8. The van der Waals surface area contributed by atoms with Crippen molar-refractivity contribution < 1.29 is 13.9 Å². The van der Waals surface area contributed by atoms with Crippen LogP contribution in [0.3, 0.4) is 0 Å². The van der Waals surface area contributed by atoms with Crippen LogP contribution in [0.5, 0.6) is 5.75 Å². The Hall–Kier alpha value is -2.02. The van der Waals surface area contributed by atoms with Crippen molar-refractivity contribution in [2.75, 3.05) is 0 Å². The molecule has 1 amide bonds. The van der Waals surface area contributed by atoms with Gasteiger partial charge in [0, 0.05) is 10.4 Å². The molecule has 26 heavy (non-hydrogen) atoms. The van der Waals surface area contributed by atoms with Crippen LogP contribution in [-0.2, 0) is 11.3 Å². The number of aromatic nitrogens is 1.